The van der Waals surface area contributed by atoms with E-state index < -0.39 is 17.3 Å². The van der Waals surface area contributed by atoms with Crippen molar-refractivity contribution in [2.75, 3.05) is 11.9 Å². The van der Waals surface area contributed by atoms with E-state index in [1.807, 2.05) is 0 Å². The number of piperidine rings is 1. The summed E-state index contributed by atoms with van der Waals surface area (Å²) in [7, 11) is 0. The van der Waals surface area contributed by atoms with Gasteiger partial charge in [0.15, 0.2) is 0 Å². The topological polar surface area (TPSA) is 64.9 Å². The van der Waals surface area contributed by atoms with Gasteiger partial charge in [0.1, 0.15) is 0 Å². The predicted octanol–water partition coefficient (Wildman–Crippen LogP) is 2.66. The number of nitriles is 1. The van der Waals surface area contributed by atoms with Gasteiger partial charge < -0.3 is 10.6 Å². The zero-order chi connectivity index (χ0) is 15.5. The lowest BCUT2D eigenvalue weighted by Crippen LogP contribution is -2.43. The van der Waals surface area contributed by atoms with Crippen LogP contribution < -0.4 is 10.6 Å². The fraction of sp³-hybridized carbons (Fsp3) is 0.429. The molecule has 1 heterocycles. The molecule has 0 aliphatic carbocycles. The van der Waals surface area contributed by atoms with E-state index in [0.29, 0.717) is 6.42 Å². The van der Waals surface area contributed by atoms with Crippen LogP contribution in [0.4, 0.5) is 18.9 Å². The number of halogens is 3. The lowest BCUT2D eigenvalue weighted by atomic mass is 10.0. The second-order valence-electron chi connectivity index (χ2n) is 4.86. The van der Waals surface area contributed by atoms with Gasteiger partial charge >= 0.3 is 6.18 Å². The third-order valence-electron chi connectivity index (χ3n) is 3.34. The first kappa shape index (κ1) is 15.3. The van der Waals surface area contributed by atoms with Crippen molar-refractivity contribution < 1.29 is 18.0 Å². The number of nitrogens with zero attached hydrogens (tertiary/aromatic N) is 1. The number of alkyl halides is 3. The monoisotopic (exact) mass is 297 g/mol. The first-order chi connectivity index (χ1) is 9.91. The van der Waals surface area contributed by atoms with Crippen molar-refractivity contribution in [1.29, 1.82) is 5.26 Å². The summed E-state index contributed by atoms with van der Waals surface area (Å²) in [5.74, 6) is -0.354. The Morgan fingerprint density at radius 3 is 2.71 bits per heavy atom. The standard InChI is InChI=1S/C14H14F3N3O/c15-14(16,17)11-7-10(5-4-9(11)8-18)20-13(21)12-3-1-2-6-19-12/h4-5,7,12,19H,1-3,6H2,(H,20,21)/t12-/m1/s1. The average molecular weight is 297 g/mol. The second-order valence-corrected chi connectivity index (χ2v) is 4.86. The molecule has 0 unspecified atom stereocenters. The molecule has 4 nitrogen and oxygen atoms in total. The lowest BCUT2D eigenvalue weighted by molar-refractivity contribution is -0.137. The van der Waals surface area contributed by atoms with Crippen LogP contribution in [0.1, 0.15) is 30.4 Å². The average Bonchev–Trinajstić information content (AvgIpc) is 2.47. The number of benzene rings is 1. The molecule has 21 heavy (non-hydrogen) atoms. The van der Waals surface area contributed by atoms with Gasteiger partial charge in [0, 0.05) is 5.69 Å². The summed E-state index contributed by atoms with van der Waals surface area (Å²) in [6.45, 7) is 0.721. The summed E-state index contributed by atoms with van der Waals surface area (Å²) in [6, 6.07) is 4.27. The van der Waals surface area contributed by atoms with Gasteiger partial charge in [-0.1, -0.05) is 6.42 Å². The summed E-state index contributed by atoms with van der Waals surface area (Å²) in [5.41, 5.74) is -1.46. The highest BCUT2D eigenvalue weighted by Gasteiger charge is 2.34. The minimum absolute atomic E-state index is 0.0405. The smallest absolute Gasteiger partial charge is 0.325 e. The Balaban J connectivity index is 2.17. The van der Waals surface area contributed by atoms with E-state index >= 15 is 0 Å². The molecule has 1 aromatic carbocycles. The normalized spacial score (nSPS) is 18.9. The van der Waals surface area contributed by atoms with Gasteiger partial charge in [-0.3, -0.25) is 4.79 Å². The van der Waals surface area contributed by atoms with Crippen LogP contribution in [0, 0.1) is 11.3 Å². The van der Waals surface area contributed by atoms with Gasteiger partial charge in [0.2, 0.25) is 5.91 Å². The van der Waals surface area contributed by atoms with Crippen LogP contribution in [0.3, 0.4) is 0 Å². The van der Waals surface area contributed by atoms with Crippen LogP contribution in [-0.4, -0.2) is 18.5 Å². The Morgan fingerprint density at radius 2 is 2.14 bits per heavy atom. The van der Waals surface area contributed by atoms with Crippen molar-refractivity contribution in [3.63, 3.8) is 0 Å². The maximum Gasteiger partial charge on any atom is 0.417 e. The summed E-state index contributed by atoms with van der Waals surface area (Å²) < 4.78 is 38.5. The van der Waals surface area contributed by atoms with E-state index in [2.05, 4.69) is 10.6 Å². The number of hydrogen-bond donors (Lipinski definition) is 2. The van der Waals surface area contributed by atoms with E-state index in [1.54, 1.807) is 0 Å². The molecular weight excluding hydrogens is 283 g/mol. The van der Waals surface area contributed by atoms with Crippen LogP contribution in [0.15, 0.2) is 18.2 Å². The highest BCUT2D eigenvalue weighted by Crippen LogP contribution is 2.33. The van der Waals surface area contributed by atoms with Crippen LogP contribution in [0.2, 0.25) is 0 Å². The number of rotatable bonds is 2. The Hall–Kier alpha value is -2.07. The molecule has 1 amide bonds. The molecule has 112 valence electrons. The van der Waals surface area contributed by atoms with Crippen molar-refractivity contribution in [3.05, 3.63) is 29.3 Å². The van der Waals surface area contributed by atoms with Crippen molar-refractivity contribution in [1.82, 2.24) is 5.32 Å². The molecule has 2 N–H and O–H groups in total. The first-order valence-corrected chi connectivity index (χ1v) is 6.57. The quantitative estimate of drug-likeness (QED) is 0.882. The highest BCUT2D eigenvalue weighted by molar-refractivity contribution is 5.95. The zero-order valence-corrected chi connectivity index (χ0v) is 11.1. The molecule has 0 aromatic heterocycles. The Morgan fingerprint density at radius 1 is 1.38 bits per heavy atom. The van der Waals surface area contributed by atoms with Gasteiger partial charge in [-0.05, 0) is 37.6 Å². The molecule has 1 aliphatic heterocycles. The summed E-state index contributed by atoms with van der Waals surface area (Å²) in [4.78, 5) is 12.0. The minimum atomic E-state index is -4.63. The molecule has 1 aromatic rings. The van der Waals surface area contributed by atoms with E-state index in [0.717, 1.165) is 31.5 Å². The van der Waals surface area contributed by atoms with Crippen LogP contribution in [0.5, 0.6) is 0 Å². The Bertz CT molecular complexity index is 572. The number of anilines is 1. The number of amides is 1. The van der Waals surface area contributed by atoms with Gasteiger partial charge in [0.05, 0.1) is 23.2 Å². The molecule has 1 fully saturated rings. The fourth-order valence-corrected chi connectivity index (χ4v) is 2.26. The molecule has 2 rings (SSSR count). The van der Waals surface area contributed by atoms with E-state index in [9.17, 15) is 18.0 Å². The van der Waals surface area contributed by atoms with Crippen molar-refractivity contribution >= 4 is 11.6 Å². The summed E-state index contributed by atoms with van der Waals surface area (Å²) >= 11 is 0. The van der Waals surface area contributed by atoms with Crippen LogP contribution >= 0.6 is 0 Å². The van der Waals surface area contributed by atoms with Crippen LogP contribution in [-0.2, 0) is 11.0 Å². The number of hydrogen-bond acceptors (Lipinski definition) is 3. The van der Waals surface area contributed by atoms with Crippen molar-refractivity contribution in [2.24, 2.45) is 0 Å². The molecule has 0 radical (unpaired) electrons. The molecule has 7 heteroatoms. The third-order valence-corrected chi connectivity index (χ3v) is 3.34. The molecular formula is C14H14F3N3O. The molecule has 0 spiro atoms. The number of carbonyl (C=O) groups is 1. The number of nitrogens with one attached hydrogen (secondary N) is 2. The van der Waals surface area contributed by atoms with Gasteiger partial charge in [-0.15, -0.1) is 0 Å². The van der Waals surface area contributed by atoms with E-state index in [1.165, 1.54) is 12.1 Å². The highest BCUT2D eigenvalue weighted by atomic mass is 19.4. The fourth-order valence-electron chi connectivity index (χ4n) is 2.26. The van der Waals surface area contributed by atoms with E-state index in [-0.39, 0.29) is 17.6 Å². The van der Waals surface area contributed by atoms with Gasteiger partial charge in [0.25, 0.3) is 0 Å². The molecule has 0 bridgehead atoms. The first-order valence-electron chi connectivity index (χ1n) is 6.57. The van der Waals surface area contributed by atoms with Crippen LogP contribution in [0.25, 0.3) is 0 Å². The van der Waals surface area contributed by atoms with Crippen molar-refractivity contribution in [3.8, 4) is 6.07 Å². The second kappa shape index (κ2) is 6.14. The summed E-state index contributed by atoms with van der Waals surface area (Å²) in [6.07, 6.45) is -2.08. The third kappa shape index (κ3) is 3.73. The van der Waals surface area contributed by atoms with Gasteiger partial charge in [-0.25, -0.2) is 0 Å². The SMILES string of the molecule is N#Cc1ccc(NC(=O)[C@H]2CCCCN2)cc1C(F)(F)F. The van der Waals surface area contributed by atoms with Crippen molar-refractivity contribution in [2.45, 2.75) is 31.5 Å². The Labute approximate surface area is 119 Å². The zero-order valence-electron chi connectivity index (χ0n) is 11.1. The maximum absolute atomic E-state index is 12.8. The molecule has 1 saturated heterocycles. The largest absolute Gasteiger partial charge is 0.417 e. The maximum atomic E-state index is 12.8. The predicted molar refractivity (Wildman–Crippen MR) is 70.4 cm³/mol. The molecule has 1 atom stereocenters. The molecule has 1 aliphatic rings. The van der Waals surface area contributed by atoms with E-state index in [4.69, 9.17) is 5.26 Å². The lowest BCUT2D eigenvalue weighted by Gasteiger charge is -2.22. The Kier molecular flexibility index (Phi) is 4.48. The molecule has 0 saturated carbocycles. The number of carbonyl (C=O) groups excluding carboxylic acids is 1. The summed E-state index contributed by atoms with van der Waals surface area (Å²) in [5, 5.41) is 14.2. The minimum Gasteiger partial charge on any atom is -0.325 e. The van der Waals surface area contributed by atoms with Gasteiger partial charge in [-0.2, -0.15) is 18.4 Å².